The van der Waals surface area contributed by atoms with E-state index in [9.17, 15) is 4.79 Å². The number of aryl methyl sites for hydroxylation is 2. The number of nitrogens with one attached hydrogen (secondary N) is 2. The molecule has 0 bridgehead atoms. The minimum Gasteiger partial charge on any atom is -0.495 e. The molecule has 1 aromatic heterocycles. The molecule has 0 aliphatic carbocycles. The SMILES string of the molecule is COc1cc(Cl)c(C)cc1NC(=O)c1cc(C)nc(Nc2ccccc2)n1. The first-order valence-electron chi connectivity index (χ1n) is 8.29. The molecule has 2 N–H and O–H groups in total. The second-order valence-corrected chi connectivity index (χ2v) is 6.37. The minimum atomic E-state index is -0.364. The van der Waals surface area contributed by atoms with Crippen LogP contribution < -0.4 is 15.4 Å². The number of benzene rings is 2. The molecular formula is C20H19ClN4O2. The number of carbonyl (C=O) groups is 1. The van der Waals surface area contributed by atoms with Crippen LogP contribution in [-0.2, 0) is 0 Å². The number of aromatic nitrogens is 2. The molecule has 138 valence electrons. The van der Waals surface area contributed by atoms with E-state index in [1.165, 1.54) is 7.11 Å². The van der Waals surface area contributed by atoms with Crippen LogP contribution in [0.25, 0.3) is 0 Å². The molecule has 0 atom stereocenters. The summed E-state index contributed by atoms with van der Waals surface area (Å²) in [4.78, 5) is 21.4. The molecule has 2 aromatic carbocycles. The number of methoxy groups -OCH3 is 1. The monoisotopic (exact) mass is 382 g/mol. The fraction of sp³-hybridized carbons (Fsp3) is 0.150. The lowest BCUT2D eigenvalue weighted by atomic mass is 10.2. The summed E-state index contributed by atoms with van der Waals surface area (Å²) in [7, 11) is 1.52. The van der Waals surface area contributed by atoms with Gasteiger partial charge in [0, 0.05) is 22.5 Å². The zero-order valence-corrected chi connectivity index (χ0v) is 16.0. The van der Waals surface area contributed by atoms with Gasteiger partial charge in [0.05, 0.1) is 12.8 Å². The Kier molecular flexibility index (Phi) is 5.57. The largest absolute Gasteiger partial charge is 0.495 e. The van der Waals surface area contributed by atoms with Crippen molar-refractivity contribution in [1.82, 2.24) is 9.97 Å². The maximum atomic E-state index is 12.7. The molecule has 6 nitrogen and oxygen atoms in total. The molecule has 1 amide bonds. The van der Waals surface area contributed by atoms with E-state index in [1.807, 2.05) is 44.2 Å². The van der Waals surface area contributed by atoms with Crippen molar-refractivity contribution in [2.45, 2.75) is 13.8 Å². The summed E-state index contributed by atoms with van der Waals surface area (Å²) in [6.45, 7) is 3.66. The highest BCUT2D eigenvalue weighted by atomic mass is 35.5. The van der Waals surface area contributed by atoms with Gasteiger partial charge in [-0.05, 0) is 43.7 Å². The van der Waals surface area contributed by atoms with Crippen molar-refractivity contribution in [2.75, 3.05) is 17.7 Å². The van der Waals surface area contributed by atoms with Crippen molar-refractivity contribution in [3.05, 3.63) is 70.5 Å². The summed E-state index contributed by atoms with van der Waals surface area (Å²) in [5.74, 6) is 0.467. The highest BCUT2D eigenvalue weighted by Crippen LogP contribution is 2.31. The summed E-state index contributed by atoms with van der Waals surface area (Å²) in [6.07, 6.45) is 0. The first-order chi connectivity index (χ1) is 13.0. The van der Waals surface area contributed by atoms with E-state index in [2.05, 4.69) is 20.6 Å². The number of carbonyl (C=O) groups excluding carboxylic acids is 1. The molecule has 0 saturated carbocycles. The number of hydrogen-bond acceptors (Lipinski definition) is 5. The predicted molar refractivity (Wildman–Crippen MR) is 107 cm³/mol. The molecule has 0 radical (unpaired) electrons. The van der Waals surface area contributed by atoms with Crippen molar-refractivity contribution in [3.63, 3.8) is 0 Å². The van der Waals surface area contributed by atoms with E-state index in [-0.39, 0.29) is 11.6 Å². The van der Waals surface area contributed by atoms with Crippen molar-refractivity contribution in [2.24, 2.45) is 0 Å². The van der Waals surface area contributed by atoms with Crippen LogP contribution in [0, 0.1) is 13.8 Å². The first kappa shape index (κ1) is 18.7. The molecule has 3 rings (SSSR count). The Morgan fingerprint density at radius 2 is 1.81 bits per heavy atom. The van der Waals surface area contributed by atoms with Crippen molar-refractivity contribution in [3.8, 4) is 5.75 Å². The Morgan fingerprint density at radius 3 is 2.52 bits per heavy atom. The van der Waals surface area contributed by atoms with E-state index in [1.54, 1.807) is 18.2 Å². The summed E-state index contributed by atoms with van der Waals surface area (Å²) < 4.78 is 5.30. The molecule has 0 unspecified atom stereocenters. The van der Waals surface area contributed by atoms with E-state index in [4.69, 9.17) is 16.3 Å². The van der Waals surface area contributed by atoms with Crippen LogP contribution in [0.2, 0.25) is 5.02 Å². The Bertz CT molecular complexity index is 977. The van der Waals surface area contributed by atoms with Gasteiger partial charge in [0.1, 0.15) is 11.4 Å². The maximum absolute atomic E-state index is 12.7. The summed E-state index contributed by atoms with van der Waals surface area (Å²) in [5.41, 5.74) is 3.11. The normalized spacial score (nSPS) is 10.4. The van der Waals surface area contributed by atoms with Gasteiger partial charge in [-0.3, -0.25) is 4.79 Å². The highest BCUT2D eigenvalue weighted by molar-refractivity contribution is 6.31. The third kappa shape index (κ3) is 4.54. The Labute approximate surface area is 162 Å². The maximum Gasteiger partial charge on any atom is 0.274 e. The third-order valence-corrected chi connectivity index (χ3v) is 4.25. The van der Waals surface area contributed by atoms with Gasteiger partial charge in [0.15, 0.2) is 0 Å². The third-order valence-electron chi connectivity index (χ3n) is 3.85. The number of hydrogen-bond donors (Lipinski definition) is 2. The van der Waals surface area contributed by atoms with Crippen LogP contribution >= 0.6 is 11.6 Å². The van der Waals surface area contributed by atoms with E-state index in [0.29, 0.717) is 28.1 Å². The zero-order valence-electron chi connectivity index (χ0n) is 15.2. The Hall–Kier alpha value is -3.12. The van der Waals surface area contributed by atoms with Crippen LogP contribution in [0.5, 0.6) is 5.75 Å². The van der Waals surface area contributed by atoms with Gasteiger partial charge in [0.25, 0.3) is 5.91 Å². The Balaban J connectivity index is 1.86. The van der Waals surface area contributed by atoms with Gasteiger partial charge in [0.2, 0.25) is 5.95 Å². The van der Waals surface area contributed by atoms with Gasteiger partial charge in [-0.2, -0.15) is 0 Å². The van der Waals surface area contributed by atoms with Crippen molar-refractivity contribution in [1.29, 1.82) is 0 Å². The van der Waals surface area contributed by atoms with Crippen LogP contribution in [0.15, 0.2) is 48.5 Å². The molecule has 27 heavy (non-hydrogen) atoms. The molecule has 1 heterocycles. The minimum absolute atomic E-state index is 0.246. The smallest absolute Gasteiger partial charge is 0.274 e. The first-order valence-corrected chi connectivity index (χ1v) is 8.67. The number of para-hydroxylation sites is 1. The highest BCUT2D eigenvalue weighted by Gasteiger charge is 2.15. The molecule has 0 spiro atoms. The average molecular weight is 383 g/mol. The molecule has 0 aliphatic heterocycles. The quantitative estimate of drug-likeness (QED) is 0.665. The van der Waals surface area contributed by atoms with Gasteiger partial charge < -0.3 is 15.4 Å². The van der Waals surface area contributed by atoms with Gasteiger partial charge in [-0.25, -0.2) is 9.97 Å². The number of anilines is 3. The number of rotatable bonds is 5. The zero-order chi connectivity index (χ0) is 19.4. The lowest BCUT2D eigenvalue weighted by Crippen LogP contribution is -2.16. The lowest BCUT2D eigenvalue weighted by Gasteiger charge is -2.13. The average Bonchev–Trinajstić information content (AvgIpc) is 2.64. The predicted octanol–water partition coefficient (Wildman–Crippen LogP) is 4.75. The molecule has 0 fully saturated rings. The fourth-order valence-corrected chi connectivity index (χ4v) is 2.66. The number of amides is 1. The fourth-order valence-electron chi connectivity index (χ4n) is 2.51. The van der Waals surface area contributed by atoms with Gasteiger partial charge >= 0.3 is 0 Å². The molecule has 7 heteroatoms. The van der Waals surface area contributed by atoms with E-state index in [0.717, 1.165) is 11.3 Å². The molecule has 0 aliphatic rings. The second kappa shape index (κ2) is 8.05. The lowest BCUT2D eigenvalue weighted by molar-refractivity contribution is 0.102. The number of nitrogens with zero attached hydrogens (tertiary/aromatic N) is 2. The second-order valence-electron chi connectivity index (χ2n) is 5.96. The van der Waals surface area contributed by atoms with Crippen LogP contribution in [0.3, 0.4) is 0 Å². The number of halogens is 1. The van der Waals surface area contributed by atoms with Crippen LogP contribution in [0.1, 0.15) is 21.7 Å². The summed E-state index contributed by atoms with van der Waals surface area (Å²) >= 11 is 6.12. The van der Waals surface area contributed by atoms with Gasteiger partial charge in [-0.1, -0.05) is 29.8 Å². The number of ether oxygens (including phenoxy) is 1. The molecule has 3 aromatic rings. The molecular weight excluding hydrogens is 364 g/mol. The molecule has 0 saturated heterocycles. The van der Waals surface area contributed by atoms with E-state index >= 15 is 0 Å². The van der Waals surface area contributed by atoms with Gasteiger partial charge in [-0.15, -0.1) is 0 Å². The van der Waals surface area contributed by atoms with Crippen molar-refractivity contribution < 1.29 is 9.53 Å². The van der Waals surface area contributed by atoms with Crippen LogP contribution in [0.4, 0.5) is 17.3 Å². The standard InChI is InChI=1S/C20H19ClN4O2/c1-12-9-16(18(27-3)11-15(12)21)24-19(26)17-10-13(2)22-20(25-17)23-14-7-5-4-6-8-14/h4-11H,1-3H3,(H,24,26)(H,22,23,25). The Morgan fingerprint density at radius 1 is 1.07 bits per heavy atom. The van der Waals surface area contributed by atoms with Crippen molar-refractivity contribution >= 4 is 34.8 Å². The topological polar surface area (TPSA) is 76.1 Å². The summed E-state index contributed by atoms with van der Waals surface area (Å²) in [6, 6.07) is 14.6. The summed E-state index contributed by atoms with van der Waals surface area (Å²) in [5, 5.41) is 6.49. The van der Waals surface area contributed by atoms with Crippen LogP contribution in [-0.4, -0.2) is 23.0 Å². The van der Waals surface area contributed by atoms with E-state index < -0.39 is 0 Å².